The molecule has 0 fully saturated rings. The highest BCUT2D eigenvalue weighted by atomic mass is 79.9. The molecule has 0 spiro atoms. The van der Waals surface area contributed by atoms with Crippen molar-refractivity contribution in [3.8, 4) is 0 Å². The maximum Gasteiger partial charge on any atom is 0.144 e. The van der Waals surface area contributed by atoms with Gasteiger partial charge in [0.15, 0.2) is 0 Å². The van der Waals surface area contributed by atoms with Gasteiger partial charge in [-0.3, -0.25) is 0 Å². The van der Waals surface area contributed by atoms with E-state index in [1.54, 1.807) is 18.2 Å². The molecule has 0 saturated heterocycles. The molecule has 0 amide bonds. The summed E-state index contributed by atoms with van der Waals surface area (Å²) in [4.78, 5) is 0. The minimum atomic E-state index is -0.320. The van der Waals surface area contributed by atoms with Crippen LogP contribution in [0.2, 0.25) is 10.0 Å². The SMILES string of the molecule is Fc1c(Cl)cccc1CC(CBr)Cc1ccccc1Cl. The van der Waals surface area contributed by atoms with E-state index in [2.05, 4.69) is 15.9 Å². The van der Waals surface area contributed by atoms with Gasteiger partial charge in [-0.1, -0.05) is 69.5 Å². The third kappa shape index (κ3) is 3.97. The summed E-state index contributed by atoms with van der Waals surface area (Å²) in [7, 11) is 0. The molecule has 2 aromatic carbocycles. The Hall–Kier alpha value is -0.570. The van der Waals surface area contributed by atoms with E-state index in [1.807, 2.05) is 24.3 Å². The summed E-state index contributed by atoms with van der Waals surface area (Å²) >= 11 is 15.5. The zero-order chi connectivity index (χ0) is 14.5. The van der Waals surface area contributed by atoms with Crippen LogP contribution in [0.15, 0.2) is 42.5 Å². The van der Waals surface area contributed by atoms with Gasteiger partial charge in [-0.05, 0) is 42.0 Å². The smallest absolute Gasteiger partial charge is 0.144 e. The van der Waals surface area contributed by atoms with E-state index >= 15 is 0 Å². The minimum Gasteiger partial charge on any atom is -0.205 e. The van der Waals surface area contributed by atoms with Crippen molar-refractivity contribution in [2.45, 2.75) is 12.8 Å². The molecule has 106 valence electrons. The van der Waals surface area contributed by atoms with Gasteiger partial charge < -0.3 is 0 Å². The van der Waals surface area contributed by atoms with Gasteiger partial charge >= 0.3 is 0 Å². The third-order valence-electron chi connectivity index (χ3n) is 3.22. The molecule has 4 heteroatoms. The molecule has 0 saturated carbocycles. The quantitative estimate of drug-likeness (QED) is 0.568. The standard InChI is InChI=1S/C16H14BrCl2F/c17-10-11(8-12-4-1-2-6-14(12)18)9-13-5-3-7-15(19)16(13)20/h1-7,11H,8-10H2. The first-order valence-electron chi connectivity index (χ1n) is 6.34. The second kappa shape index (κ2) is 7.44. The average Bonchev–Trinajstić information content (AvgIpc) is 2.45. The number of alkyl halides is 1. The van der Waals surface area contributed by atoms with Crippen LogP contribution in [-0.4, -0.2) is 5.33 Å². The summed E-state index contributed by atoms with van der Waals surface area (Å²) in [6.07, 6.45) is 1.43. The van der Waals surface area contributed by atoms with Gasteiger partial charge in [-0.2, -0.15) is 0 Å². The normalized spacial score (nSPS) is 12.4. The van der Waals surface area contributed by atoms with Crippen molar-refractivity contribution in [1.82, 2.24) is 0 Å². The minimum absolute atomic E-state index is 0.175. The highest BCUT2D eigenvalue weighted by Gasteiger charge is 2.15. The van der Waals surface area contributed by atoms with Crippen molar-refractivity contribution in [2.24, 2.45) is 5.92 Å². The van der Waals surface area contributed by atoms with E-state index in [-0.39, 0.29) is 16.8 Å². The summed E-state index contributed by atoms with van der Waals surface area (Å²) in [5.41, 5.74) is 1.73. The Morgan fingerprint density at radius 1 is 0.900 bits per heavy atom. The molecule has 0 heterocycles. The molecule has 20 heavy (non-hydrogen) atoms. The topological polar surface area (TPSA) is 0 Å². The molecule has 1 atom stereocenters. The van der Waals surface area contributed by atoms with Crippen LogP contribution in [0.3, 0.4) is 0 Å². The number of hydrogen-bond donors (Lipinski definition) is 0. The Labute approximate surface area is 137 Å². The fraction of sp³-hybridized carbons (Fsp3) is 0.250. The molecule has 0 aliphatic rings. The highest BCUT2D eigenvalue weighted by molar-refractivity contribution is 9.09. The molecule has 0 bridgehead atoms. The zero-order valence-corrected chi connectivity index (χ0v) is 13.8. The fourth-order valence-corrected chi connectivity index (χ4v) is 3.04. The van der Waals surface area contributed by atoms with Gasteiger partial charge in [0.1, 0.15) is 5.82 Å². The maximum absolute atomic E-state index is 13.9. The molecule has 1 unspecified atom stereocenters. The van der Waals surface area contributed by atoms with Crippen LogP contribution in [0.5, 0.6) is 0 Å². The van der Waals surface area contributed by atoms with Crippen molar-refractivity contribution in [3.63, 3.8) is 0 Å². The van der Waals surface area contributed by atoms with E-state index in [0.717, 1.165) is 22.3 Å². The molecule has 0 aliphatic carbocycles. The van der Waals surface area contributed by atoms with Gasteiger partial charge in [0.2, 0.25) is 0 Å². The predicted molar refractivity (Wildman–Crippen MR) is 87.6 cm³/mol. The molecule has 0 aromatic heterocycles. The first-order chi connectivity index (χ1) is 9.61. The Morgan fingerprint density at radius 2 is 1.50 bits per heavy atom. The van der Waals surface area contributed by atoms with Gasteiger partial charge in [-0.15, -0.1) is 0 Å². The van der Waals surface area contributed by atoms with Gasteiger partial charge in [0.05, 0.1) is 5.02 Å². The molecule has 0 N–H and O–H groups in total. The number of benzene rings is 2. The first kappa shape index (κ1) is 15.8. The van der Waals surface area contributed by atoms with Crippen molar-refractivity contribution < 1.29 is 4.39 Å². The van der Waals surface area contributed by atoms with Crippen LogP contribution in [0.4, 0.5) is 4.39 Å². The monoisotopic (exact) mass is 374 g/mol. The maximum atomic E-state index is 13.9. The van der Waals surface area contributed by atoms with E-state index in [0.29, 0.717) is 12.0 Å². The van der Waals surface area contributed by atoms with Crippen molar-refractivity contribution in [2.75, 3.05) is 5.33 Å². The molecule has 2 aromatic rings. The molecule has 0 nitrogen and oxygen atoms in total. The van der Waals surface area contributed by atoms with E-state index in [9.17, 15) is 4.39 Å². The average molecular weight is 376 g/mol. The van der Waals surface area contributed by atoms with Crippen LogP contribution in [0.25, 0.3) is 0 Å². The Morgan fingerprint density at radius 3 is 2.20 bits per heavy atom. The largest absolute Gasteiger partial charge is 0.205 e. The summed E-state index contributed by atoms with van der Waals surface area (Å²) in [5.74, 6) is -0.0536. The molecular formula is C16H14BrCl2F. The number of rotatable bonds is 5. The van der Waals surface area contributed by atoms with Crippen molar-refractivity contribution in [3.05, 3.63) is 69.5 Å². The van der Waals surface area contributed by atoms with Crippen LogP contribution in [0, 0.1) is 11.7 Å². The van der Waals surface area contributed by atoms with E-state index in [1.165, 1.54) is 0 Å². The van der Waals surface area contributed by atoms with Gasteiger partial charge in [0, 0.05) is 10.4 Å². The molecule has 2 rings (SSSR count). The summed E-state index contributed by atoms with van der Waals surface area (Å²) in [6, 6.07) is 12.9. The molecule has 0 aliphatic heterocycles. The van der Waals surface area contributed by atoms with Crippen molar-refractivity contribution >= 4 is 39.1 Å². The second-order valence-corrected chi connectivity index (χ2v) is 6.19. The molecule has 0 radical (unpaired) electrons. The van der Waals surface area contributed by atoms with Gasteiger partial charge in [-0.25, -0.2) is 4.39 Å². The number of halogens is 4. The Balaban J connectivity index is 2.14. The Kier molecular flexibility index (Phi) is 5.88. The van der Waals surface area contributed by atoms with Crippen molar-refractivity contribution in [1.29, 1.82) is 0 Å². The van der Waals surface area contributed by atoms with Crippen LogP contribution in [-0.2, 0) is 12.8 Å². The predicted octanol–water partition coefficient (Wildman–Crippen LogP) is 5.93. The fourth-order valence-electron chi connectivity index (χ4n) is 2.17. The number of hydrogen-bond acceptors (Lipinski definition) is 0. The summed E-state index contributed by atoms with van der Waals surface area (Å²) in [5, 5.41) is 1.71. The third-order valence-corrected chi connectivity index (χ3v) is 4.80. The highest BCUT2D eigenvalue weighted by Crippen LogP contribution is 2.25. The lowest BCUT2D eigenvalue weighted by Crippen LogP contribution is -2.11. The van der Waals surface area contributed by atoms with Crippen LogP contribution < -0.4 is 0 Å². The van der Waals surface area contributed by atoms with E-state index in [4.69, 9.17) is 23.2 Å². The lowest BCUT2D eigenvalue weighted by Gasteiger charge is -2.16. The first-order valence-corrected chi connectivity index (χ1v) is 8.21. The van der Waals surface area contributed by atoms with Gasteiger partial charge in [0.25, 0.3) is 0 Å². The summed E-state index contributed by atoms with van der Waals surface area (Å²) in [6.45, 7) is 0. The van der Waals surface area contributed by atoms with Crippen LogP contribution >= 0.6 is 39.1 Å². The zero-order valence-electron chi connectivity index (χ0n) is 10.8. The molecular weight excluding hydrogens is 362 g/mol. The van der Waals surface area contributed by atoms with Crippen LogP contribution in [0.1, 0.15) is 11.1 Å². The van der Waals surface area contributed by atoms with E-state index < -0.39 is 0 Å². The lowest BCUT2D eigenvalue weighted by atomic mass is 9.94. The lowest BCUT2D eigenvalue weighted by molar-refractivity contribution is 0.551. The Bertz CT molecular complexity index is 586. The summed E-state index contributed by atoms with van der Waals surface area (Å²) < 4.78 is 13.9. The second-order valence-electron chi connectivity index (χ2n) is 4.73.